The lowest BCUT2D eigenvalue weighted by Crippen LogP contribution is -2.35. The van der Waals surface area contributed by atoms with Crippen LogP contribution in [0.25, 0.3) is 6.08 Å². The number of benzene rings is 2. The number of thioether (sulfide) groups is 1. The maximum atomic E-state index is 12.7. The van der Waals surface area contributed by atoms with Crippen LogP contribution < -0.4 is 9.47 Å². The molecule has 2 aromatic carbocycles. The topological polar surface area (TPSA) is 82.1 Å². The number of esters is 1. The van der Waals surface area contributed by atoms with Crippen LogP contribution in [0.3, 0.4) is 0 Å². The molecule has 0 aromatic heterocycles. The van der Waals surface area contributed by atoms with Crippen LogP contribution in [0, 0.1) is 0 Å². The van der Waals surface area contributed by atoms with Gasteiger partial charge in [-0.2, -0.15) is 0 Å². The first-order valence-electron chi connectivity index (χ1n) is 11.0. The SMILES string of the molecule is CCOc1cc(/C=C2/SC(=O)N(CC(=O)O[C@@H](C)CC)C2=O)ccc1OCc1ccc(Cl)cc1Cl. The van der Waals surface area contributed by atoms with Gasteiger partial charge in [-0.25, -0.2) is 0 Å². The first-order valence-corrected chi connectivity index (χ1v) is 12.6. The van der Waals surface area contributed by atoms with Crippen molar-refractivity contribution >= 4 is 58.2 Å². The Hall–Kier alpha value is -2.68. The number of carbonyl (C=O) groups is 3. The second-order valence-electron chi connectivity index (χ2n) is 7.64. The van der Waals surface area contributed by atoms with E-state index in [4.69, 9.17) is 37.4 Å². The molecule has 1 heterocycles. The summed E-state index contributed by atoms with van der Waals surface area (Å²) in [6.07, 6.45) is 1.93. The molecule has 7 nitrogen and oxygen atoms in total. The van der Waals surface area contributed by atoms with Crippen LogP contribution in [0.1, 0.15) is 38.3 Å². The van der Waals surface area contributed by atoms with Crippen molar-refractivity contribution in [1.29, 1.82) is 0 Å². The summed E-state index contributed by atoms with van der Waals surface area (Å²) in [4.78, 5) is 38.2. The maximum absolute atomic E-state index is 12.7. The summed E-state index contributed by atoms with van der Waals surface area (Å²) in [5.41, 5.74) is 1.40. The van der Waals surface area contributed by atoms with Crippen LogP contribution in [0.4, 0.5) is 4.79 Å². The smallest absolute Gasteiger partial charge is 0.326 e. The van der Waals surface area contributed by atoms with Crippen molar-refractivity contribution in [2.45, 2.75) is 39.9 Å². The Morgan fingerprint density at radius 2 is 1.86 bits per heavy atom. The number of hydrogen-bond donors (Lipinski definition) is 0. The Morgan fingerprint density at radius 3 is 2.54 bits per heavy atom. The van der Waals surface area contributed by atoms with Gasteiger partial charge in [-0.05, 0) is 67.9 Å². The van der Waals surface area contributed by atoms with Gasteiger partial charge in [0.25, 0.3) is 11.1 Å². The van der Waals surface area contributed by atoms with E-state index in [1.54, 1.807) is 49.4 Å². The van der Waals surface area contributed by atoms with Crippen molar-refractivity contribution in [2.24, 2.45) is 0 Å². The van der Waals surface area contributed by atoms with Crippen molar-refractivity contribution in [3.05, 3.63) is 62.5 Å². The van der Waals surface area contributed by atoms with E-state index in [-0.39, 0.29) is 17.6 Å². The Kier molecular flexibility index (Phi) is 9.48. The molecule has 1 aliphatic heterocycles. The van der Waals surface area contributed by atoms with Crippen molar-refractivity contribution in [2.75, 3.05) is 13.2 Å². The maximum Gasteiger partial charge on any atom is 0.326 e. The molecule has 2 aromatic rings. The van der Waals surface area contributed by atoms with Crippen LogP contribution in [-0.4, -0.2) is 41.3 Å². The molecule has 0 spiro atoms. The monoisotopic (exact) mass is 537 g/mol. The number of nitrogens with zero attached hydrogens (tertiary/aromatic N) is 1. The lowest BCUT2D eigenvalue weighted by Gasteiger charge is -2.15. The number of rotatable bonds is 10. The van der Waals surface area contributed by atoms with E-state index >= 15 is 0 Å². The first kappa shape index (κ1) is 26.9. The van der Waals surface area contributed by atoms with E-state index < -0.39 is 23.7 Å². The number of ether oxygens (including phenoxy) is 3. The normalized spacial score (nSPS) is 15.5. The molecule has 186 valence electrons. The van der Waals surface area contributed by atoms with Crippen molar-refractivity contribution in [3.8, 4) is 11.5 Å². The number of halogens is 2. The van der Waals surface area contributed by atoms with Gasteiger partial charge in [0.2, 0.25) is 0 Å². The molecule has 0 bridgehead atoms. The third-order valence-corrected chi connectivity index (χ3v) is 6.53. The van der Waals surface area contributed by atoms with Crippen LogP contribution in [-0.2, 0) is 20.9 Å². The molecular weight excluding hydrogens is 513 g/mol. The molecule has 1 atom stereocenters. The number of hydrogen-bond acceptors (Lipinski definition) is 7. The lowest BCUT2D eigenvalue weighted by molar-refractivity contribution is -0.150. The van der Waals surface area contributed by atoms with Crippen LogP contribution in [0.15, 0.2) is 41.3 Å². The van der Waals surface area contributed by atoms with Crippen LogP contribution >= 0.6 is 35.0 Å². The molecule has 0 radical (unpaired) electrons. The Labute approximate surface area is 218 Å². The summed E-state index contributed by atoms with van der Waals surface area (Å²) in [6, 6.07) is 10.3. The summed E-state index contributed by atoms with van der Waals surface area (Å²) in [5, 5.41) is 0.512. The third-order valence-electron chi connectivity index (χ3n) is 5.03. The fraction of sp³-hybridized carbons (Fsp3) is 0.320. The van der Waals surface area contributed by atoms with Gasteiger partial charge >= 0.3 is 5.97 Å². The Balaban J connectivity index is 1.74. The molecule has 10 heteroatoms. The average molecular weight is 538 g/mol. The minimum absolute atomic E-state index is 0.204. The minimum atomic E-state index is -0.621. The highest BCUT2D eigenvalue weighted by Gasteiger charge is 2.36. The Bertz CT molecular complexity index is 1150. The van der Waals surface area contributed by atoms with Gasteiger partial charge in [0, 0.05) is 15.6 Å². The quantitative estimate of drug-likeness (QED) is 0.258. The van der Waals surface area contributed by atoms with Gasteiger partial charge in [-0.15, -0.1) is 0 Å². The van der Waals surface area contributed by atoms with Gasteiger partial charge in [-0.3, -0.25) is 19.3 Å². The van der Waals surface area contributed by atoms with Gasteiger partial charge in [0.05, 0.1) is 17.6 Å². The van der Waals surface area contributed by atoms with Gasteiger partial charge in [-0.1, -0.05) is 42.3 Å². The summed E-state index contributed by atoms with van der Waals surface area (Å²) >= 11 is 12.9. The number of carbonyl (C=O) groups excluding carboxylic acids is 3. The van der Waals surface area contributed by atoms with Gasteiger partial charge in [0.1, 0.15) is 13.2 Å². The van der Waals surface area contributed by atoms with Crippen molar-refractivity contribution < 1.29 is 28.6 Å². The molecule has 1 aliphatic rings. The van der Waals surface area contributed by atoms with E-state index in [9.17, 15) is 14.4 Å². The molecule has 0 N–H and O–H groups in total. The lowest BCUT2D eigenvalue weighted by atomic mass is 10.1. The molecule has 2 amide bonds. The summed E-state index contributed by atoms with van der Waals surface area (Å²) < 4.78 is 16.8. The number of imide groups is 1. The van der Waals surface area contributed by atoms with E-state index in [2.05, 4.69) is 0 Å². The van der Waals surface area contributed by atoms with Gasteiger partial charge < -0.3 is 14.2 Å². The second kappa shape index (κ2) is 12.3. The molecule has 1 fully saturated rings. The predicted octanol–water partition coefficient (Wildman–Crippen LogP) is 6.35. The van der Waals surface area contributed by atoms with E-state index in [0.717, 1.165) is 22.2 Å². The zero-order valence-electron chi connectivity index (χ0n) is 19.5. The highest BCUT2D eigenvalue weighted by Crippen LogP contribution is 2.35. The van der Waals surface area contributed by atoms with E-state index in [1.807, 2.05) is 13.8 Å². The largest absolute Gasteiger partial charge is 0.490 e. The van der Waals surface area contributed by atoms with Crippen molar-refractivity contribution in [1.82, 2.24) is 4.90 Å². The molecule has 35 heavy (non-hydrogen) atoms. The molecule has 1 saturated heterocycles. The summed E-state index contributed by atoms with van der Waals surface area (Å²) in [5.74, 6) is -0.195. The molecule has 0 unspecified atom stereocenters. The van der Waals surface area contributed by atoms with E-state index in [1.165, 1.54) is 0 Å². The highest BCUT2D eigenvalue weighted by atomic mass is 35.5. The second-order valence-corrected chi connectivity index (χ2v) is 9.48. The third kappa shape index (κ3) is 7.16. The van der Waals surface area contributed by atoms with E-state index in [0.29, 0.717) is 40.1 Å². The molecule has 3 rings (SSSR count). The fourth-order valence-corrected chi connectivity index (χ4v) is 4.36. The number of amides is 2. The van der Waals surface area contributed by atoms with Gasteiger partial charge in [0.15, 0.2) is 11.5 Å². The average Bonchev–Trinajstić information content (AvgIpc) is 3.06. The Morgan fingerprint density at radius 1 is 1.09 bits per heavy atom. The minimum Gasteiger partial charge on any atom is -0.490 e. The predicted molar refractivity (Wildman–Crippen MR) is 137 cm³/mol. The standard InChI is InChI=1S/C25H25Cl2NO6S/c1-4-15(3)34-23(29)13-28-24(30)22(35-25(28)31)11-16-6-9-20(21(10-16)32-5-2)33-14-17-7-8-18(26)12-19(17)27/h6-12,15H,4-5,13-14H2,1-3H3/b22-11+/t15-/m0/s1. The molecule has 0 saturated carbocycles. The fourth-order valence-electron chi connectivity index (χ4n) is 3.06. The van der Waals surface area contributed by atoms with Crippen LogP contribution in [0.2, 0.25) is 10.0 Å². The zero-order valence-corrected chi connectivity index (χ0v) is 21.8. The van der Waals surface area contributed by atoms with Crippen molar-refractivity contribution in [3.63, 3.8) is 0 Å². The summed E-state index contributed by atoms with van der Waals surface area (Å²) in [7, 11) is 0. The molecular formula is C25H25Cl2NO6S. The molecule has 0 aliphatic carbocycles. The first-order chi connectivity index (χ1) is 16.7. The summed E-state index contributed by atoms with van der Waals surface area (Å²) in [6.45, 7) is 5.66. The van der Waals surface area contributed by atoms with Crippen LogP contribution in [0.5, 0.6) is 11.5 Å². The zero-order chi connectivity index (χ0) is 25.5. The highest BCUT2D eigenvalue weighted by molar-refractivity contribution is 8.18.